The number of aryl methyl sites for hydroxylation is 1. The molecule has 0 spiro atoms. The van der Waals surface area contributed by atoms with E-state index in [1.165, 1.54) is 7.11 Å². The molecule has 0 atom stereocenters. The van der Waals surface area contributed by atoms with E-state index < -0.39 is 5.97 Å². The van der Waals surface area contributed by atoms with Gasteiger partial charge in [-0.25, -0.2) is 4.79 Å². The van der Waals surface area contributed by atoms with Gasteiger partial charge in [0.1, 0.15) is 29.6 Å². The van der Waals surface area contributed by atoms with E-state index in [4.69, 9.17) is 18.6 Å². The highest BCUT2D eigenvalue weighted by molar-refractivity contribution is 5.89. The number of hydrogen-bond donors (Lipinski definition) is 0. The molecule has 8 heteroatoms. The van der Waals surface area contributed by atoms with Crippen LogP contribution in [0.3, 0.4) is 0 Å². The van der Waals surface area contributed by atoms with Gasteiger partial charge in [0.25, 0.3) is 0 Å². The number of hydrogen-bond acceptors (Lipinski definition) is 8. The highest BCUT2D eigenvalue weighted by Gasteiger charge is 2.24. The van der Waals surface area contributed by atoms with Crippen molar-refractivity contribution in [2.45, 2.75) is 20.0 Å². The summed E-state index contributed by atoms with van der Waals surface area (Å²) < 4.78 is 22.6. The van der Waals surface area contributed by atoms with Crippen LogP contribution in [0.25, 0.3) is 11.0 Å². The number of esters is 1. The summed E-state index contributed by atoms with van der Waals surface area (Å²) in [5.41, 5.74) is 2.50. The van der Waals surface area contributed by atoms with Crippen LogP contribution in [0.4, 0.5) is 0 Å². The van der Waals surface area contributed by atoms with Crippen molar-refractivity contribution >= 4 is 16.9 Å². The molecule has 2 aromatic heterocycles. The van der Waals surface area contributed by atoms with E-state index >= 15 is 0 Å². The lowest BCUT2D eigenvalue weighted by Crippen LogP contribution is -2.31. The highest BCUT2D eigenvalue weighted by Crippen LogP contribution is 2.34. The summed E-state index contributed by atoms with van der Waals surface area (Å²) in [5, 5.41) is 0.414. The Morgan fingerprint density at radius 3 is 2.71 bits per heavy atom. The van der Waals surface area contributed by atoms with Crippen molar-refractivity contribution in [1.29, 1.82) is 0 Å². The van der Waals surface area contributed by atoms with E-state index in [2.05, 4.69) is 9.88 Å². The number of pyridine rings is 1. The van der Waals surface area contributed by atoms with E-state index in [1.54, 1.807) is 49.5 Å². The normalized spacial score (nSPS) is 13.2. The number of methoxy groups -OCH3 is 1. The number of nitrogens with zero attached hydrogens (tertiary/aromatic N) is 2. The zero-order valence-corrected chi connectivity index (χ0v) is 18.7. The molecule has 0 unspecified atom stereocenters. The molecule has 8 nitrogen and oxygen atoms in total. The molecule has 172 valence electrons. The van der Waals surface area contributed by atoms with Gasteiger partial charge in [-0.2, -0.15) is 0 Å². The summed E-state index contributed by atoms with van der Waals surface area (Å²) in [6, 6.07) is 13.8. The van der Waals surface area contributed by atoms with Crippen molar-refractivity contribution < 1.29 is 23.4 Å². The van der Waals surface area contributed by atoms with Crippen LogP contribution in [-0.2, 0) is 17.8 Å². The number of carbonyl (C=O) groups is 1. The fourth-order valence-electron chi connectivity index (χ4n) is 3.97. The van der Waals surface area contributed by atoms with Crippen molar-refractivity contribution in [3.8, 4) is 17.2 Å². The van der Waals surface area contributed by atoms with Crippen molar-refractivity contribution in [3.63, 3.8) is 0 Å². The number of fused-ring (bicyclic) bond motifs is 3. The third kappa shape index (κ3) is 4.11. The standard InChI is InChI=1S/C26H22N2O6/c1-16-24(34-19-7-5-18(6-8-19)26(30)31-2)23(29)20-9-10-22-21(25(20)33-16)14-28(15-32-22)13-17-4-3-11-27-12-17/h3-12H,13-15H2,1-2H3. The number of carbonyl (C=O) groups excluding carboxylic acids is 1. The van der Waals surface area contributed by atoms with Crippen LogP contribution >= 0.6 is 0 Å². The summed E-state index contributed by atoms with van der Waals surface area (Å²) in [4.78, 5) is 31.2. The Morgan fingerprint density at radius 2 is 1.97 bits per heavy atom. The number of aromatic nitrogens is 1. The van der Waals surface area contributed by atoms with Crippen molar-refractivity contribution in [3.05, 3.63) is 93.6 Å². The highest BCUT2D eigenvalue weighted by atomic mass is 16.5. The van der Waals surface area contributed by atoms with Gasteiger partial charge in [0.15, 0.2) is 0 Å². The van der Waals surface area contributed by atoms with Gasteiger partial charge >= 0.3 is 5.97 Å². The molecule has 5 rings (SSSR count). The zero-order valence-electron chi connectivity index (χ0n) is 18.7. The average Bonchev–Trinajstić information content (AvgIpc) is 2.87. The van der Waals surface area contributed by atoms with E-state index in [-0.39, 0.29) is 11.2 Å². The minimum absolute atomic E-state index is 0.0993. The van der Waals surface area contributed by atoms with Gasteiger partial charge in [0, 0.05) is 25.5 Å². The first-order valence-electron chi connectivity index (χ1n) is 10.7. The molecule has 0 saturated heterocycles. The third-order valence-electron chi connectivity index (χ3n) is 5.65. The van der Waals surface area contributed by atoms with Crippen LogP contribution in [0.1, 0.15) is 27.2 Å². The fraction of sp³-hybridized carbons (Fsp3) is 0.192. The molecule has 3 heterocycles. The van der Waals surface area contributed by atoms with E-state index in [9.17, 15) is 9.59 Å². The first-order valence-corrected chi connectivity index (χ1v) is 10.7. The molecule has 1 aliphatic rings. The van der Waals surface area contributed by atoms with Gasteiger partial charge in [-0.15, -0.1) is 0 Å². The second-order valence-electron chi connectivity index (χ2n) is 7.98. The lowest BCUT2D eigenvalue weighted by Gasteiger charge is -2.29. The molecule has 4 aromatic rings. The van der Waals surface area contributed by atoms with E-state index in [0.717, 1.165) is 11.1 Å². The van der Waals surface area contributed by atoms with Crippen LogP contribution in [0, 0.1) is 6.92 Å². The van der Waals surface area contributed by atoms with E-state index in [1.807, 2.05) is 18.3 Å². The molecule has 1 aliphatic heterocycles. The monoisotopic (exact) mass is 458 g/mol. The molecule has 0 radical (unpaired) electrons. The largest absolute Gasteiger partial charge is 0.478 e. The maximum Gasteiger partial charge on any atom is 0.337 e. The minimum atomic E-state index is -0.447. The maximum absolute atomic E-state index is 13.3. The molecule has 0 bridgehead atoms. The fourth-order valence-corrected chi connectivity index (χ4v) is 3.97. The van der Waals surface area contributed by atoms with Gasteiger partial charge in [-0.05, 0) is 55.0 Å². The lowest BCUT2D eigenvalue weighted by atomic mass is 10.1. The van der Waals surface area contributed by atoms with Crippen LogP contribution in [0.5, 0.6) is 17.2 Å². The summed E-state index contributed by atoms with van der Waals surface area (Å²) in [6.45, 7) is 3.35. The molecule has 0 saturated carbocycles. The Bertz CT molecular complexity index is 1410. The Labute approximate surface area is 195 Å². The first kappa shape index (κ1) is 21.7. The Hall–Kier alpha value is -4.17. The van der Waals surface area contributed by atoms with Crippen LogP contribution in [0.15, 0.2) is 70.1 Å². The number of ether oxygens (including phenoxy) is 3. The minimum Gasteiger partial charge on any atom is -0.478 e. The van der Waals surface area contributed by atoms with Gasteiger partial charge in [-0.1, -0.05) is 6.07 Å². The topological polar surface area (TPSA) is 91.1 Å². The van der Waals surface area contributed by atoms with Gasteiger partial charge in [0.05, 0.1) is 23.6 Å². The second-order valence-corrected chi connectivity index (χ2v) is 7.98. The quantitative estimate of drug-likeness (QED) is 0.406. The molecule has 0 N–H and O–H groups in total. The molecule has 0 fully saturated rings. The van der Waals surface area contributed by atoms with Crippen molar-refractivity contribution in [2.24, 2.45) is 0 Å². The Balaban J connectivity index is 1.46. The summed E-state index contributed by atoms with van der Waals surface area (Å²) in [6.07, 6.45) is 3.56. The van der Waals surface area contributed by atoms with Crippen LogP contribution in [0.2, 0.25) is 0 Å². The third-order valence-corrected chi connectivity index (χ3v) is 5.65. The summed E-state index contributed by atoms with van der Waals surface area (Å²) in [5.74, 6) is 1.11. The zero-order chi connectivity index (χ0) is 23.7. The molecular formula is C26H22N2O6. The van der Waals surface area contributed by atoms with Gasteiger partial charge < -0.3 is 18.6 Å². The molecular weight excluding hydrogens is 436 g/mol. The predicted molar refractivity (Wildman–Crippen MR) is 124 cm³/mol. The van der Waals surface area contributed by atoms with Crippen LogP contribution in [-0.4, -0.2) is 29.7 Å². The van der Waals surface area contributed by atoms with Gasteiger partial charge in [-0.3, -0.25) is 14.7 Å². The van der Waals surface area contributed by atoms with Gasteiger partial charge in [0.2, 0.25) is 11.2 Å². The Morgan fingerprint density at radius 1 is 1.15 bits per heavy atom. The second kappa shape index (κ2) is 8.99. The SMILES string of the molecule is COC(=O)c1ccc(Oc2c(C)oc3c4c(ccc3c2=O)OCN(Cc2cccnc2)C4)cc1. The maximum atomic E-state index is 13.3. The number of rotatable bonds is 5. The Kier molecular flexibility index (Phi) is 5.73. The van der Waals surface area contributed by atoms with Crippen molar-refractivity contribution in [2.75, 3.05) is 13.8 Å². The van der Waals surface area contributed by atoms with Crippen molar-refractivity contribution in [1.82, 2.24) is 9.88 Å². The smallest absolute Gasteiger partial charge is 0.337 e. The molecule has 0 aliphatic carbocycles. The van der Waals surface area contributed by atoms with Crippen LogP contribution < -0.4 is 14.9 Å². The number of benzene rings is 2. The molecule has 2 aromatic carbocycles. The average molecular weight is 458 g/mol. The molecule has 0 amide bonds. The summed E-state index contributed by atoms with van der Waals surface area (Å²) in [7, 11) is 1.32. The van der Waals surface area contributed by atoms with E-state index in [0.29, 0.717) is 53.6 Å². The molecule has 34 heavy (non-hydrogen) atoms. The lowest BCUT2D eigenvalue weighted by molar-refractivity contribution is 0.0600. The summed E-state index contributed by atoms with van der Waals surface area (Å²) >= 11 is 0. The first-order chi connectivity index (χ1) is 16.5. The predicted octanol–water partition coefficient (Wildman–Crippen LogP) is 4.43.